The van der Waals surface area contributed by atoms with Crippen LogP contribution in [0.1, 0.15) is 32.3 Å². The fourth-order valence-electron chi connectivity index (χ4n) is 2.24. The molecule has 0 aliphatic carbocycles. The smallest absolute Gasteiger partial charge is 0.227 e. The molecule has 2 nitrogen and oxygen atoms in total. The van der Waals surface area contributed by atoms with Gasteiger partial charge in [-0.2, -0.15) is 0 Å². The molecule has 0 atom stereocenters. The van der Waals surface area contributed by atoms with Crippen molar-refractivity contribution < 1.29 is 4.79 Å². The molecule has 16 heavy (non-hydrogen) atoms. The van der Waals surface area contributed by atoms with Crippen LogP contribution >= 0.6 is 0 Å². The van der Waals surface area contributed by atoms with Crippen molar-refractivity contribution >= 4 is 11.6 Å². The standard InChI is InChI=1S/C14H19NO/c1-11(2)9-12-5-3-6-13(10-12)15-8-4-7-14(15)16/h3,5-6,10-11H,4,7-9H2,1-2H3. The molecule has 1 heterocycles. The number of amides is 1. The second kappa shape index (κ2) is 4.69. The Morgan fingerprint density at radius 3 is 2.81 bits per heavy atom. The minimum absolute atomic E-state index is 0.265. The summed E-state index contributed by atoms with van der Waals surface area (Å²) in [5.41, 5.74) is 2.40. The minimum Gasteiger partial charge on any atom is -0.312 e. The van der Waals surface area contributed by atoms with E-state index >= 15 is 0 Å². The van der Waals surface area contributed by atoms with Crippen LogP contribution in [0.15, 0.2) is 24.3 Å². The summed E-state index contributed by atoms with van der Waals surface area (Å²) < 4.78 is 0. The van der Waals surface area contributed by atoms with Crippen LogP contribution in [-0.4, -0.2) is 12.5 Å². The molecule has 0 spiro atoms. The second-order valence-electron chi connectivity index (χ2n) is 4.92. The van der Waals surface area contributed by atoms with Gasteiger partial charge in [-0.05, 0) is 36.5 Å². The first kappa shape index (κ1) is 11.2. The highest BCUT2D eigenvalue weighted by Gasteiger charge is 2.21. The largest absolute Gasteiger partial charge is 0.312 e. The lowest BCUT2D eigenvalue weighted by atomic mass is 10.0. The Kier molecular flexibility index (Phi) is 3.28. The lowest BCUT2D eigenvalue weighted by Gasteiger charge is -2.17. The predicted molar refractivity (Wildman–Crippen MR) is 66.6 cm³/mol. The van der Waals surface area contributed by atoms with E-state index in [0.29, 0.717) is 12.3 Å². The topological polar surface area (TPSA) is 20.3 Å². The Balaban J connectivity index is 2.18. The van der Waals surface area contributed by atoms with E-state index in [1.54, 1.807) is 0 Å². The van der Waals surface area contributed by atoms with Crippen molar-refractivity contribution in [2.75, 3.05) is 11.4 Å². The van der Waals surface area contributed by atoms with Gasteiger partial charge in [0.05, 0.1) is 0 Å². The summed E-state index contributed by atoms with van der Waals surface area (Å²) in [5, 5.41) is 0. The van der Waals surface area contributed by atoms with Crippen molar-refractivity contribution in [2.45, 2.75) is 33.1 Å². The van der Waals surface area contributed by atoms with Crippen molar-refractivity contribution in [2.24, 2.45) is 5.92 Å². The van der Waals surface area contributed by atoms with Gasteiger partial charge in [-0.1, -0.05) is 26.0 Å². The maximum Gasteiger partial charge on any atom is 0.227 e. The Hall–Kier alpha value is -1.31. The van der Waals surface area contributed by atoms with Crippen LogP contribution < -0.4 is 4.90 Å². The molecule has 1 aliphatic heterocycles. The lowest BCUT2D eigenvalue weighted by molar-refractivity contribution is -0.117. The molecular weight excluding hydrogens is 198 g/mol. The van der Waals surface area contributed by atoms with Crippen LogP contribution in [0, 0.1) is 5.92 Å². The van der Waals surface area contributed by atoms with Crippen LogP contribution in [-0.2, 0) is 11.2 Å². The summed E-state index contributed by atoms with van der Waals surface area (Å²) in [7, 11) is 0. The fourth-order valence-corrected chi connectivity index (χ4v) is 2.24. The highest BCUT2D eigenvalue weighted by atomic mass is 16.2. The maximum atomic E-state index is 11.6. The van der Waals surface area contributed by atoms with Gasteiger partial charge in [0.15, 0.2) is 0 Å². The average molecular weight is 217 g/mol. The Morgan fingerprint density at radius 1 is 1.38 bits per heavy atom. The number of rotatable bonds is 3. The van der Waals surface area contributed by atoms with Gasteiger partial charge >= 0.3 is 0 Å². The number of hydrogen-bond donors (Lipinski definition) is 0. The molecule has 1 aromatic rings. The van der Waals surface area contributed by atoms with E-state index in [1.807, 2.05) is 11.0 Å². The van der Waals surface area contributed by atoms with Crippen LogP contribution in [0.5, 0.6) is 0 Å². The molecule has 0 unspecified atom stereocenters. The maximum absolute atomic E-state index is 11.6. The first-order valence-electron chi connectivity index (χ1n) is 6.06. The zero-order valence-electron chi connectivity index (χ0n) is 10.1. The zero-order chi connectivity index (χ0) is 11.5. The Morgan fingerprint density at radius 2 is 2.19 bits per heavy atom. The van der Waals surface area contributed by atoms with E-state index in [-0.39, 0.29) is 5.91 Å². The third kappa shape index (κ3) is 2.43. The molecule has 2 heteroatoms. The molecular formula is C14H19NO. The second-order valence-corrected chi connectivity index (χ2v) is 4.92. The van der Waals surface area contributed by atoms with Gasteiger partial charge in [0.25, 0.3) is 0 Å². The first-order chi connectivity index (χ1) is 7.66. The van der Waals surface area contributed by atoms with Crippen molar-refractivity contribution in [3.8, 4) is 0 Å². The first-order valence-corrected chi connectivity index (χ1v) is 6.06. The highest BCUT2D eigenvalue weighted by Crippen LogP contribution is 2.23. The average Bonchev–Trinajstić information content (AvgIpc) is 2.64. The predicted octanol–water partition coefficient (Wildman–Crippen LogP) is 3.01. The van der Waals surface area contributed by atoms with E-state index in [0.717, 1.165) is 25.1 Å². The molecule has 1 aromatic carbocycles. The fraction of sp³-hybridized carbons (Fsp3) is 0.500. The molecule has 1 amide bonds. The SMILES string of the molecule is CC(C)Cc1cccc(N2CCCC2=O)c1. The van der Waals surface area contributed by atoms with Crippen LogP contribution in [0.3, 0.4) is 0 Å². The van der Waals surface area contributed by atoms with E-state index in [2.05, 4.69) is 32.0 Å². The van der Waals surface area contributed by atoms with Gasteiger partial charge in [0.1, 0.15) is 0 Å². The van der Waals surface area contributed by atoms with Crippen LogP contribution in [0.4, 0.5) is 5.69 Å². The van der Waals surface area contributed by atoms with Gasteiger partial charge in [-0.25, -0.2) is 0 Å². The normalized spacial score (nSPS) is 16.2. The number of carbonyl (C=O) groups is 1. The van der Waals surface area contributed by atoms with Gasteiger partial charge in [-0.15, -0.1) is 0 Å². The Labute approximate surface area is 97.3 Å². The number of nitrogens with zero attached hydrogens (tertiary/aromatic N) is 1. The van der Waals surface area contributed by atoms with Crippen LogP contribution in [0.25, 0.3) is 0 Å². The quantitative estimate of drug-likeness (QED) is 0.762. The molecule has 2 rings (SSSR count). The van der Waals surface area contributed by atoms with Crippen molar-refractivity contribution in [1.82, 2.24) is 0 Å². The van der Waals surface area contributed by atoms with E-state index < -0.39 is 0 Å². The van der Waals surface area contributed by atoms with Crippen molar-refractivity contribution in [1.29, 1.82) is 0 Å². The summed E-state index contributed by atoms with van der Waals surface area (Å²) in [6.45, 7) is 5.31. The molecule has 0 radical (unpaired) electrons. The molecule has 1 aliphatic rings. The van der Waals surface area contributed by atoms with E-state index in [9.17, 15) is 4.79 Å². The van der Waals surface area contributed by atoms with Gasteiger partial charge < -0.3 is 4.90 Å². The molecule has 0 saturated carbocycles. The summed E-state index contributed by atoms with van der Waals surface area (Å²) in [4.78, 5) is 13.5. The number of benzene rings is 1. The van der Waals surface area contributed by atoms with Crippen molar-refractivity contribution in [3.63, 3.8) is 0 Å². The number of anilines is 1. The minimum atomic E-state index is 0.265. The summed E-state index contributed by atoms with van der Waals surface area (Å²) in [6.07, 6.45) is 2.78. The zero-order valence-corrected chi connectivity index (χ0v) is 10.1. The van der Waals surface area contributed by atoms with Crippen LogP contribution in [0.2, 0.25) is 0 Å². The van der Waals surface area contributed by atoms with Gasteiger partial charge in [0.2, 0.25) is 5.91 Å². The highest BCUT2D eigenvalue weighted by molar-refractivity contribution is 5.95. The molecule has 0 bridgehead atoms. The third-order valence-electron chi connectivity index (χ3n) is 2.94. The molecule has 1 saturated heterocycles. The summed E-state index contributed by atoms with van der Waals surface area (Å²) in [6, 6.07) is 8.39. The number of hydrogen-bond acceptors (Lipinski definition) is 1. The van der Waals surface area contributed by atoms with Gasteiger partial charge in [0, 0.05) is 18.7 Å². The van der Waals surface area contributed by atoms with E-state index in [4.69, 9.17) is 0 Å². The van der Waals surface area contributed by atoms with Crippen molar-refractivity contribution in [3.05, 3.63) is 29.8 Å². The monoisotopic (exact) mass is 217 g/mol. The molecule has 86 valence electrons. The number of carbonyl (C=O) groups excluding carboxylic acids is 1. The lowest BCUT2D eigenvalue weighted by Crippen LogP contribution is -2.23. The molecule has 1 fully saturated rings. The molecule has 0 aromatic heterocycles. The van der Waals surface area contributed by atoms with Gasteiger partial charge in [-0.3, -0.25) is 4.79 Å². The molecule has 0 N–H and O–H groups in total. The summed E-state index contributed by atoms with van der Waals surface area (Å²) >= 11 is 0. The Bertz CT molecular complexity index is 384. The summed E-state index contributed by atoms with van der Waals surface area (Å²) in [5.74, 6) is 0.922. The third-order valence-corrected chi connectivity index (χ3v) is 2.94. The van der Waals surface area contributed by atoms with E-state index in [1.165, 1.54) is 5.56 Å².